The number of nitro groups is 1. The van der Waals surface area contributed by atoms with Gasteiger partial charge < -0.3 is 9.80 Å². The second-order valence-electron chi connectivity index (χ2n) is 7.95. The number of hydrogen-bond donors (Lipinski definition) is 1. The lowest BCUT2D eigenvalue weighted by molar-refractivity contribution is -0.384. The number of benzene rings is 1. The van der Waals surface area contributed by atoms with E-state index >= 15 is 0 Å². The highest BCUT2D eigenvalue weighted by Gasteiger charge is 2.20. The van der Waals surface area contributed by atoms with Crippen LogP contribution >= 0.6 is 0 Å². The summed E-state index contributed by atoms with van der Waals surface area (Å²) < 4.78 is 0. The fourth-order valence-corrected chi connectivity index (χ4v) is 3.87. The number of nitrogens with one attached hydrogen (secondary N) is 1. The van der Waals surface area contributed by atoms with Crippen LogP contribution in [0.15, 0.2) is 35.4 Å². The molecule has 0 aliphatic carbocycles. The molecule has 1 aromatic heterocycles. The minimum Gasteiger partial charge on any atom is -0.341 e. The van der Waals surface area contributed by atoms with Crippen LogP contribution in [0.4, 0.5) is 23.5 Å². The molecule has 0 amide bonds. The normalized spacial score (nSPS) is 17.2. The van der Waals surface area contributed by atoms with Gasteiger partial charge in [-0.05, 0) is 62.3 Å². The molecule has 1 N–H and O–H groups in total. The molecule has 0 spiro atoms. The first-order valence-corrected chi connectivity index (χ1v) is 11.2. The highest BCUT2D eigenvalue weighted by Crippen LogP contribution is 2.22. The van der Waals surface area contributed by atoms with E-state index in [-0.39, 0.29) is 5.69 Å². The number of hydrogen-bond acceptors (Lipinski definition) is 9. The molecule has 0 radical (unpaired) electrons. The van der Waals surface area contributed by atoms with E-state index in [0.717, 1.165) is 57.4 Å². The van der Waals surface area contributed by atoms with Crippen LogP contribution in [-0.2, 0) is 0 Å². The monoisotopic (exact) mass is 436 g/mol. The third kappa shape index (κ3) is 5.77. The Balaban J connectivity index is 1.44. The van der Waals surface area contributed by atoms with Gasteiger partial charge in [-0.25, -0.2) is 5.43 Å². The molecule has 2 aromatic rings. The Morgan fingerprint density at radius 2 is 1.44 bits per heavy atom. The molecule has 2 aliphatic rings. The van der Waals surface area contributed by atoms with E-state index in [1.165, 1.54) is 25.0 Å². The molecule has 2 saturated heterocycles. The van der Waals surface area contributed by atoms with Crippen LogP contribution in [0.5, 0.6) is 0 Å². The van der Waals surface area contributed by atoms with Gasteiger partial charge in [-0.3, -0.25) is 10.1 Å². The minimum atomic E-state index is -0.413. The molecular weight excluding hydrogens is 408 g/mol. The smallest absolute Gasteiger partial charge is 0.269 e. The van der Waals surface area contributed by atoms with Crippen LogP contribution in [0.25, 0.3) is 6.08 Å². The Morgan fingerprint density at radius 3 is 1.97 bits per heavy atom. The van der Waals surface area contributed by atoms with E-state index in [1.54, 1.807) is 24.4 Å². The molecule has 0 bridgehead atoms. The van der Waals surface area contributed by atoms with Gasteiger partial charge in [0.05, 0.1) is 4.92 Å². The Hall–Kier alpha value is -3.56. The van der Waals surface area contributed by atoms with Crippen molar-refractivity contribution in [3.63, 3.8) is 0 Å². The first-order chi connectivity index (χ1) is 15.7. The van der Waals surface area contributed by atoms with Crippen LogP contribution in [0.1, 0.15) is 44.1 Å². The molecule has 10 heteroatoms. The quantitative estimate of drug-likeness (QED) is 0.395. The van der Waals surface area contributed by atoms with Crippen LogP contribution in [-0.4, -0.2) is 52.3 Å². The van der Waals surface area contributed by atoms with Crippen molar-refractivity contribution in [3.05, 3.63) is 46.0 Å². The van der Waals surface area contributed by atoms with E-state index in [9.17, 15) is 10.1 Å². The van der Waals surface area contributed by atoms with Crippen molar-refractivity contribution in [1.82, 2.24) is 15.0 Å². The maximum atomic E-state index is 10.7. The lowest BCUT2D eigenvalue weighted by Gasteiger charge is -2.30. The summed E-state index contributed by atoms with van der Waals surface area (Å²) >= 11 is 0. The Labute approximate surface area is 187 Å². The summed E-state index contributed by atoms with van der Waals surface area (Å²) in [6.45, 7) is 3.85. The molecule has 10 nitrogen and oxygen atoms in total. The number of rotatable bonds is 7. The van der Waals surface area contributed by atoms with Gasteiger partial charge in [0, 0.05) is 44.5 Å². The number of piperidine rings is 2. The van der Waals surface area contributed by atoms with E-state index in [1.807, 2.05) is 6.08 Å². The summed E-state index contributed by atoms with van der Waals surface area (Å²) in [5.74, 6) is 1.85. The molecule has 32 heavy (non-hydrogen) atoms. The lowest BCUT2D eigenvalue weighted by atomic mass is 10.1. The molecule has 0 atom stereocenters. The van der Waals surface area contributed by atoms with Crippen LogP contribution in [0.3, 0.4) is 0 Å². The molecule has 168 valence electrons. The number of hydrazone groups is 1. The number of non-ortho nitro benzene ring substituents is 1. The van der Waals surface area contributed by atoms with Crippen molar-refractivity contribution in [2.45, 2.75) is 38.5 Å². The van der Waals surface area contributed by atoms with Crippen LogP contribution in [0, 0.1) is 10.1 Å². The van der Waals surface area contributed by atoms with Gasteiger partial charge in [0.15, 0.2) is 0 Å². The van der Waals surface area contributed by atoms with Crippen molar-refractivity contribution in [2.24, 2.45) is 5.10 Å². The van der Waals surface area contributed by atoms with Crippen molar-refractivity contribution in [1.29, 1.82) is 0 Å². The second kappa shape index (κ2) is 10.7. The number of aromatic nitrogens is 3. The Bertz CT molecular complexity index is 928. The first kappa shape index (κ1) is 21.7. The predicted molar refractivity (Wildman–Crippen MR) is 126 cm³/mol. The van der Waals surface area contributed by atoms with E-state index in [4.69, 9.17) is 4.98 Å². The Morgan fingerprint density at radius 1 is 0.875 bits per heavy atom. The standard InChI is InChI=1S/C22H28N8O2/c31-30(32)19-11-9-18(10-12-19)8-7-13-23-27-20-24-21(28-14-3-1-4-15-28)26-22(25-20)29-16-5-2-6-17-29/h7-13H,1-6,14-17H2,(H,24,25,26,27). The van der Waals surface area contributed by atoms with Gasteiger partial charge in [0.2, 0.25) is 17.8 Å². The topological polar surface area (TPSA) is 113 Å². The minimum absolute atomic E-state index is 0.0707. The molecule has 4 rings (SSSR count). The van der Waals surface area contributed by atoms with Gasteiger partial charge in [-0.15, -0.1) is 0 Å². The van der Waals surface area contributed by atoms with Gasteiger partial charge in [-0.2, -0.15) is 20.1 Å². The van der Waals surface area contributed by atoms with Gasteiger partial charge in [0.25, 0.3) is 5.69 Å². The van der Waals surface area contributed by atoms with Crippen LogP contribution < -0.4 is 15.2 Å². The van der Waals surface area contributed by atoms with E-state index in [0.29, 0.717) is 17.8 Å². The molecule has 1 aromatic carbocycles. The maximum absolute atomic E-state index is 10.7. The summed E-state index contributed by atoms with van der Waals surface area (Å²) in [5.41, 5.74) is 3.85. The third-order valence-corrected chi connectivity index (χ3v) is 5.61. The van der Waals surface area contributed by atoms with Gasteiger partial charge in [-0.1, -0.05) is 6.08 Å². The van der Waals surface area contributed by atoms with Crippen molar-refractivity contribution in [3.8, 4) is 0 Å². The number of allylic oxidation sites excluding steroid dienone is 1. The summed E-state index contributed by atoms with van der Waals surface area (Å²) in [6, 6.07) is 6.34. The Kier molecular flexibility index (Phi) is 7.21. The fraction of sp³-hybridized carbons (Fsp3) is 0.455. The molecule has 0 unspecified atom stereocenters. The molecular formula is C22H28N8O2. The van der Waals surface area contributed by atoms with Crippen molar-refractivity contribution in [2.75, 3.05) is 41.4 Å². The molecule has 0 saturated carbocycles. The zero-order valence-corrected chi connectivity index (χ0v) is 18.1. The SMILES string of the molecule is O=[N+]([O-])c1ccc(C=CC=NNc2nc(N3CCCCC3)nc(N3CCCCC3)n2)cc1. The summed E-state index contributed by atoms with van der Waals surface area (Å²) in [5, 5.41) is 14.9. The number of nitro benzene ring substituents is 1. The van der Waals surface area contributed by atoms with E-state index < -0.39 is 4.92 Å². The third-order valence-electron chi connectivity index (χ3n) is 5.61. The summed E-state index contributed by atoms with van der Waals surface area (Å²) in [7, 11) is 0. The highest BCUT2D eigenvalue weighted by molar-refractivity contribution is 5.78. The predicted octanol–water partition coefficient (Wildman–Crippen LogP) is 3.87. The number of nitrogens with zero attached hydrogens (tertiary/aromatic N) is 7. The van der Waals surface area contributed by atoms with Crippen molar-refractivity contribution >= 4 is 35.8 Å². The van der Waals surface area contributed by atoms with Crippen LogP contribution in [0.2, 0.25) is 0 Å². The van der Waals surface area contributed by atoms with Crippen molar-refractivity contribution < 1.29 is 4.92 Å². The average molecular weight is 437 g/mol. The lowest BCUT2D eigenvalue weighted by Crippen LogP contribution is -2.34. The summed E-state index contributed by atoms with van der Waals surface area (Å²) in [4.78, 5) is 28.7. The van der Waals surface area contributed by atoms with Gasteiger partial charge >= 0.3 is 0 Å². The zero-order chi connectivity index (χ0) is 22.2. The highest BCUT2D eigenvalue weighted by atomic mass is 16.6. The second-order valence-corrected chi connectivity index (χ2v) is 7.95. The molecule has 2 fully saturated rings. The molecule has 2 aliphatic heterocycles. The number of anilines is 3. The average Bonchev–Trinajstić information content (AvgIpc) is 2.85. The zero-order valence-electron chi connectivity index (χ0n) is 18.1. The van der Waals surface area contributed by atoms with E-state index in [2.05, 4.69) is 30.3 Å². The summed E-state index contributed by atoms with van der Waals surface area (Å²) in [6.07, 6.45) is 12.3. The largest absolute Gasteiger partial charge is 0.341 e. The first-order valence-electron chi connectivity index (χ1n) is 11.2. The molecule has 3 heterocycles. The van der Waals surface area contributed by atoms with Gasteiger partial charge in [0.1, 0.15) is 0 Å². The maximum Gasteiger partial charge on any atom is 0.269 e. The fourth-order valence-electron chi connectivity index (χ4n) is 3.87.